The van der Waals surface area contributed by atoms with Crippen LogP contribution < -0.4 is 5.32 Å². The first-order valence-electron chi connectivity index (χ1n) is 5.41. The standard InChI is InChI=1S/C12H14ClNO2/c13-9-4-6-10(7-5-9)14-12(16)11(15)8-2-1-3-8/h4-8,11,15H,1-3H2,(H,14,16). The summed E-state index contributed by atoms with van der Waals surface area (Å²) in [5.41, 5.74) is 0.660. The van der Waals surface area contributed by atoms with Crippen molar-refractivity contribution in [1.29, 1.82) is 0 Å². The van der Waals surface area contributed by atoms with Crippen molar-refractivity contribution in [3.05, 3.63) is 29.3 Å². The fourth-order valence-electron chi connectivity index (χ4n) is 1.72. The maximum Gasteiger partial charge on any atom is 0.253 e. The Morgan fingerprint density at radius 1 is 1.38 bits per heavy atom. The van der Waals surface area contributed by atoms with Gasteiger partial charge in [-0.3, -0.25) is 4.79 Å². The van der Waals surface area contributed by atoms with Crippen LogP contribution in [-0.4, -0.2) is 17.1 Å². The predicted molar refractivity (Wildman–Crippen MR) is 63.4 cm³/mol. The molecule has 16 heavy (non-hydrogen) atoms. The summed E-state index contributed by atoms with van der Waals surface area (Å²) in [6.07, 6.45) is 2.10. The highest BCUT2D eigenvalue weighted by atomic mass is 35.5. The van der Waals surface area contributed by atoms with Crippen LogP contribution in [-0.2, 0) is 4.79 Å². The van der Waals surface area contributed by atoms with E-state index in [0.717, 1.165) is 19.3 Å². The molecule has 1 aromatic rings. The molecule has 0 saturated heterocycles. The van der Waals surface area contributed by atoms with Gasteiger partial charge in [-0.25, -0.2) is 0 Å². The van der Waals surface area contributed by atoms with Crippen molar-refractivity contribution in [2.75, 3.05) is 5.32 Å². The minimum atomic E-state index is -0.885. The van der Waals surface area contributed by atoms with Gasteiger partial charge in [0.05, 0.1) is 0 Å². The number of carbonyl (C=O) groups excluding carboxylic acids is 1. The molecule has 1 saturated carbocycles. The van der Waals surface area contributed by atoms with Gasteiger partial charge >= 0.3 is 0 Å². The Labute approximate surface area is 99.4 Å². The fraction of sp³-hybridized carbons (Fsp3) is 0.417. The molecule has 0 spiro atoms. The predicted octanol–water partition coefficient (Wildman–Crippen LogP) is 2.44. The van der Waals surface area contributed by atoms with E-state index in [1.165, 1.54) is 0 Å². The number of nitrogens with one attached hydrogen (secondary N) is 1. The normalized spacial score (nSPS) is 17.6. The van der Waals surface area contributed by atoms with Crippen LogP contribution in [0, 0.1) is 5.92 Å². The fourth-order valence-corrected chi connectivity index (χ4v) is 1.85. The number of hydrogen-bond donors (Lipinski definition) is 2. The summed E-state index contributed by atoms with van der Waals surface area (Å²) in [5, 5.41) is 13.0. The van der Waals surface area contributed by atoms with E-state index in [0.29, 0.717) is 10.7 Å². The Bertz CT molecular complexity index is 373. The van der Waals surface area contributed by atoms with Gasteiger partial charge in [0.2, 0.25) is 0 Å². The smallest absolute Gasteiger partial charge is 0.253 e. The Balaban J connectivity index is 1.93. The molecule has 1 unspecified atom stereocenters. The number of halogens is 1. The lowest BCUT2D eigenvalue weighted by Gasteiger charge is -2.29. The lowest BCUT2D eigenvalue weighted by Crippen LogP contribution is -2.37. The summed E-state index contributed by atoms with van der Waals surface area (Å²) in [5.74, 6) is -0.195. The number of hydrogen-bond acceptors (Lipinski definition) is 2. The number of carbonyl (C=O) groups is 1. The molecule has 0 aromatic heterocycles. The average Bonchev–Trinajstić information content (AvgIpc) is 2.19. The molecule has 4 heteroatoms. The van der Waals surface area contributed by atoms with Crippen LogP contribution in [0.1, 0.15) is 19.3 Å². The summed E-state index contributed by atoms with van der Waals surface area (Å²) in [6.45, 7) is 0. The van der Waals surface area contributed by atoms with Crippen LogP contribution in [0.5, 0.6) is 0 Å². The van der Waals surface area contributed by atoms with Gasteiger partial charge in [-0.1, -0.05) is 18.0 Å². The largest absolute Gasteiger partial charge is 0.383 e. The van der Waals surface area contributed by atoms with Crippen molar-refractivity contribution in [2.24, 2.45) is 5.92 Å². The molecule has 1 atom stereocenters. The van der Waals surface area contributed by atoms with Gasteiger partial charge < -0.3 is 10.4 Å². The van der Waals surface area contributed by atoms with Gasteiger partial charge in [0.15, 0.2) is 0 Å². The molecule has 1 aliphatic rings. The number of amides is 1. The van der Waals surface area contributed by atoms with E-state index in [-0.39, 0.29) is 11.8 Å². The second kappa shape index (κ2) is 4.85. The molecular weight excluding hydrogens is 226 g/mol. The molecule has 0 bridgehead atoms. The van der Waals surface area contributed by atoms with E-state index in [4.69, 9.17) is 11.6 Å². The second-order valence-electron chi connectivity index (χ2n) is 4.13. The average molecular weight is 240 g/mol. The summed E-state index contributed by atoms with van der Waals surface area (Å²) in [7, 11) is 0. The topological polar surface area (TPSA) is 49.3 Å². The molecule has 1 amide bonds. The Morgan fingerprint density at radius 2 is 2.00 bits per heavy atom. The first-order chi connectivity index (χ1) is 7.66. The molecular formula is C12H14ClNO2. The minimum Gasteiger partial charge on any atom is -0.383 e. The third-order valence-corrected chi connectivity index (χ3v) is 3.23. The molecule has 2 N–H and O–H groups in total. The second-order valence-corrected chi connectivity index (χ2v) is 4.57. The van der Waals surface area contributed by atoms with Gasteiger partial charge in [-0.15, -0.1) is 0 Å². The van der Waals surface area contributed by atoms with E-state index in [9.17, 15) is 9.90 Å². The van der Waals surface area contributed by atoms with Gasteiger partial charge in [0.25, 0.3) is 5.91 Å². The molecule has 1 fully saturated rings. The maximum absolute atomic E-state index is 11.6. The number of benzene rings is 1. The van der Waals surface area contributed by atoms with Crippen LogP contribution in [0.25, 0.3) is 0 Å². The van der Waals surface area contributed by atoms with Crippen LogP contribution in [0.4, 0.5) is 5.69 Å². The Morgan fingerprint density at radius 3 is 2.50 bits per heavy atom. The molecule has 2 rings (SSSR count). The minimum absolute atomic E-state index is 0.132. The molecule has 1 aromatic carbocycles. The number of aliphatic hydroxyl groups excluding tert-OH is 1. The van der Waals surface area contributed by atoms with E-state index in [2.05, 4.69) is 5.32 Å². The van der Waals surface area contributed by atoms with Crippen molar-refractivity contribution in [2.45, 2.75) is 25.4 Å². The molecule has 1 aliphatic carbocycles. The van der Waals surface area contributed by atoms with E-state index in [1.54, 1.807) is 24.3 Å². The SMILES string of the molecule is O=C(Nc1ccc(Cl)cc1)C(O)C1CCC1. The lowest BCUT2D eigenvalue weighted by molar-refractivity contribution is -0.128. The van der Waals surface area contributed by atoms with Gasteiger partial charge in [-0.05, 0) is 43.0 Å². The molecule has 3 nitrogen and oxygen atoms in total. The summed E-state index contributed by atoms with van der Waals surface area (Å²) < 4.78 is 0. The zero-order valence-corrected chi connectivity index (χ0v) is 9.57. The Hall–Kier alpha value is -1.06. The van der Waals surface area contributed by atoms with Crippen LogP contribution in [0.2, 0.25) is 5.02 Å². The molecule has 86 valence electrons. The van der Waals surface area contributed by atoms with Crippen molar-refractivity contribution in [3.8, 4) is 0 Å². The number of aliphatic hydroxyl groups is 1. The van der Waals surface area contributed by atoms with E-state index < -0.39 is 6.10 Å². The third-order valence-electron chi connectivity index (χ3n) is 2.98. The monoisotopic (exact) mass is 239 g/mol. The van der Waals surface area contributed by atoms with Gasteiger partial charge in [0.1, 0.15) is 6.10 Å². The summed E-state index contributed by atoms with van der Waals surface area (Å²) >= 11 is 5.73. The van der Waals surface area contributed by atoms with Crippen molar-refractivity contribution >= 4 is 23.2 Å². The molecule has 0 radical (unpaired) electrons. The van der Waals surface area contributed by atoms with Gasteiger partial charge in [0, 0.05) is 10.7 Å². The van der Waals surface area contributed by atoms with Crippen LogP contribution in [0.15, 0.2) is 24.3 Å². The lowest BCUT2D eigenvalue weighted by atomic mass is 9.81. The zero-order chi connectivity index (χ0) is 11.5. The number of anilines is 1. The summed E-state index contributed by atoms with van der Waals surface area (Å²) in [6, 6.07) is 6.83. The molecule has 0 aliphatic heterocycles. The van der Waals surface area contributed by atoms with Gasteiger partial charge in [-0.2, -0.15) is 0 Å². The van der Waals surface area contributed by atoms with Crippen molar-refractivity contribution < 1.29 is 9.90 Å². The summed E-state index contributed by atoms with van der Waals surface area (Å²) in [4.78, 5) is 11.6. The zero-order valence-electron chi connectivity index (χ0n) is 8.82. The first-order valence-corrected chi connectivity index (χ1v) is 5.79. The van der Waals surface area contributed by atoms with Crippen LogP contribution in [0.3, 0.4) is 0 Å². The van der Waals surface area contributed by atoms with Crippen LogP contribution >= 0.6 is 11.6 Å². The van der Waals surface area contributed by atoms with Crippen molar-refractivity contribution in [1.82, 2.24) is 0 Å². The van der Waals surface area contributed by atoms with Crippen molar-refractivity contribution in [3.63, 3.8) is 0 Å². The van der Waals surface area contributed by atoms with E-state index in [1.807, 2.05) is 0 Å². The highest BCUT2D eigenvalue weighted by Crippen LogP contribution is 2.30. The quantitative estimate of drug-likeness (QED) is 0.851. The maximum atomic E-state index is 11.6. The molecule has 0 heterocycles. The first kappa shape index (κ1) is 11.4. The third kappa shape index (κ3) is 2.54. The van der Waals surface area contributed by atoms with E-state index >= 15 is 0 Å². The highest BCUT2D eigenvalue weighted by Gasteiger charge is 2.30. The number of rotatable bonds is 3. The highest BCUT2D eigenvalue weighted by molar-refractivity contribution is 6.30. The Kier molecular flexibility index (Phi) is 3.46.